The number of nitrogens with one attached hydrogen (secondary N) is 1. The van der Waals surface area contributed by atoms with Gasteiger partial charge in [-0.2, -0.15) is 0 Å². The number of rotatable bonds is 8. The van der Waals surface area contributed by atoms with E-state index in [0.29, 0.717) is 16.9 Å². The number of nitrogens with zero attached hydrogens (tertiary/aromatic N) is 1. The van der Waals surface area contributed by atoms with Crippen molar-refractivity contribution in [3.05, 3.63) is 68.9 Å². The van der Waals surface area contributed by atoms with Crippen molar-refractivity contribution in [2.75, 3.05) is 25.2 Å². The third-order valence-corrected chi connectivity index (χ3v) is 6.54. The molecule has 0 spiro atoms. The molecule has 10 heteroatoms. The van der Waals surface area contributed by atoms with Crippen LogP contribution in [0.25, 0.3) is 0 Å². The number of amidine groups is 1. The molecule has 1 aromatic heterocycles. The number of methoxy groups -OCH3 is 1. The maximum atomic E-state index is 13.1. The van der Waals surface area contributed by atoms with Crippen LogP contribution < -0.4 is 9.64 Å². The normalized spacial score (nSPS) is 14.5. The van der Waals surface area contributed by atoms with E-state index in [1.807, 2.05) is 0 Å². The van der Waals surface area contributed by atoms with Crippen molar-refractivity contribution in [2.45, 2.75) is 27.7 Å². The first-order chi connectivity index (χ1) is 16.7. The zero-order valence-electron chi connectivity index (χ0n) is 20.1. The molecule has 0 atom stereocenters. The van der Waals surface area contributed by atoms with Crippen LogP contribution in [0.1, 0.15) is 45.0 Å². The van der Waals surface area contributed by atoms with Gasteiger partial charge in [-0.25, -0.2) is 9.59 Å². The number of hydrogen-bond acceptors (Lipinski definition) is 9. The third kappa shape index (κ3) is 4.83. The van der Waals surface area contributed by atoms with Crippen molar-refractivity contribution in [1.29, 1.82) is 5.41 Å². The van der Waals surface area contributed by atoms with Crippen LogP contribution in [0.3, 0.4) is 0 Å². The number of carbonyl (C=O) groups excluding carboxylic acids is 3. The Hall–Kier alpha value is -3.92. The van der Waals surface area contributed by atoms with Gasteiger partial charge in [0.05, 0.1) is 31.6 Å². The van der Waals surface area contributed by atoms with E-state index in [9.17, 15) is 19.5 Å². The van der Waals surface area contributed by atoms with Crippen molar-refractivity contribution >= 4 is 39.9 Å². The molecule has 0 bridgehead atoms. The van der Waals surface area contributed by atoms with Gasteiger partial charge in [-0.3, -0.25) is 15.1 Å². The molecular formula is C25H26N2O7S. The Balaban J connectivity index is 2.19. The van der Waals surface area contributed by atoms with E-state index in [1.54, 1.807) is 52.0 Å². The molecule has 1 aromatic carbocycles. The van der Waals surface area contributed by atoms with Crippen molar-refractivity contribution in [3.8, 4) is 5.75 Å². The van der Waals surface area contributed by atoms with E-state index in [-0.39, 0.29) is 29.5 Å². The van der Waals surface area contributed by atoms with Gasteiger partial charge in [-0.15, -0.1) is 11.3 Å². The van der Waals surface area contributed by atoms with Crippen LogP contribution >= 0.6 is 11.3 Å². The molecule has 9 nitrogen and oxygen atoms in total. The molecule has 184 valence electrons. The van der Waals surface area contributed by atoms with Gasteiger partial charge in [0, 0.05) is 16.5 Å². The lowest BCUT2D eigenvalue weighted by Crippen LogP contribution is -2.28. The number of benzene rings is 1. The van der Waals surface area contributed by atoms with Gasteiger partial charge in [0.25, 0.3) is 0 Å². The Labute approximate surface area is 206 Å². The van der Waals surface area contributed by atoms with E-state index in [1.165, 1.54) is 23.3 Å². The minimum absolute atomic E-state index is 0.0258. The molecule has 0 radical (unpaired) electrons. The number of anilines is 1. The highest BCUT2D eigenvalue weighted by Crippen LogP contribution is 2.43. The Bertz CT molecular complexity index is 1260. The maximum absolute atomic E-state index is 13.1. The van der Waals surface area contributed by atoms with Crippen LogP contribution in [0.15, 0.2) is 47.4 Å². The number of allylic oxidation sites excluding steroid dienone is 1. The predicted octanol–water partition coefficient (Wildman–Crippen LogP) is 4.49. The minimum Gasteiger partial charge on any atom is -0.505 e. The fraction of sp³-hybridized carbons (Fsp3) is 0.280. The van der Waals surface area contributed by atoms with Gasteiger partial charge in [-0.05, 0) is 57.5 Å². The van der Waals surface area contributed by atoms with E-state index >= 15 is 0 Å². The second-order valence-corrected chi connectivity index (χ2v) is 8.64. The highest BCUT2D eigenvalue weighted by molar-refractivity contribution is 7.17. The first-order valence-corrected chi connectivity index (χ1v) is 11.6. The molecule has 0 amide bonds. The number of aliphatic hydroxyl groups is 1. The fourth-order valence-corrected chi connectivity index (χ4v) is 4.66. The molecule has 0 fully saturated rings. The van der Waals surface area contributed by atoms with E-state index < -0.39 is 34.9 Å². The predicted molar refractivity (Wildman–Crippen MR) is 132 cm³/mol. The lowest BCUT2D eigenvalue weighted by atomic mass is 10.1. The fourth-order valence-electron chi connectivity index (χ4n) is 3.49. The number of ether oxygens (including phenoxy) is 3. The van der Waals surface area contributed by atoms with Crippen LogP contribution in [0, 0.1) is 19.3 Å². The molecule has 2 heterocycles. The van der Waals surface area contributed by atoms with Gasteiger partial charge in [0.2, 0.25) is 0 Å². The lowest BCUT2D eigenvalue weighted by molar-refractivity contribution is -0.138. The molecule has 1 aliphatic rings. The van der Waals surface area contributed by atoms with Crippen molar-refractivity contribution in [1.82, 2.24) is 0 Å². The van der Waals surface area contributed by atoms with Crippen molar-refractivity contribution < 1.29 is 33.7 Å². The Morgan fingerprint density at radius 1 is 1.06 bits per heavy atom. The number of aryl methyl sites for hydroxylation is 1. The Morgan fingerprint density at radius 3 is 2.23 bits per heavy atom. The summed E-state index contributed by atoms with van der Waals surface area (Å²) in [4.78, 5) is 40.4. The molecule has 0 saturated heterocycles. The zero-order valence-corrected chi connectivity index (χ0v) is 20.9. The summed E-state index contributed by atoms with van der Waals surface area (Å²) in [6, 6.07) is 6.34. The topological polar surface area (TPSA) is 126 Å². The number of aliphatic hydroxyl groups excluding tert-OH is 1. The third-order valence-electron chi connectivity index (χ3n) is 5.35. The van der Waals surface area contributed by atoms with Gasteiger partial charge in [0.1, 0.15) is 22.2 Å². The van der Waals surface area contributed by atoms with Crippen molar-refractivity contribution in [3.63, 3.8) is 0 Å². The molecule has 0 aliphatic carbocycles. The molecule has 2 aromatic rings. The second-order valence-electron chi connectivity index (χ2n) is 7.43. The molecule has 0 unspecified atom stereocenters. The second kappa shape index (κ2) is 10.6. The van der Waals surface area contributed by atoms with Crippen LogP contribution in [0.4, 0.5) is 5.00 Å². The number of esters is 2. The Morgan fingerprint density at radius 2 is 1.66 bits per heavy atom. The van der Waals surface area contributed by atoms with Crippen LogP contribution in [0.2, 0.25) is 0 Å². The minimum atomic E-state index is -0.914. The standard InChI is InChI=1S/C25H26N2O7S/c1-6-33-24(30)19-13(3)14(4)35-23(19)27-17(21(29)20(22(27)26)25(31)34-7-2)12-18(28)15-8-10-16(32-5)11-9-15/h8-12,26,29H,6-7H2,1-5H3/b17-12+,26-22?. The quantitative estimate of drug-likeness (QED) is 0.310. The summed E-state index contributed by atoms with van der Waals surface area (Å²) in [6.07, 6.45) is 1.12. The number of ketones is 1. The molecule has 2 N–H and O–H groups in total. The number of carbonyl (C=O) groups is 3. The monoisotopic (exact) mass is 498 g/mol. The maximum Gasteiger partial charge on any atom is 0.345 e. The summed E-state index contributed by atoms with van der Waals surface area (Å²) >= 11 is 1.18. The van der Waals surface area contributed by atoms with E-state index in [0.717, 1.165) is 11.0 Å². The number of hydrogen-bond donors (Lipinski definition) is 2. The molecule has 3 rings (SSSR count). The van der Waals surface area contributed by atoms with Crippen LogP contribution in [-0.2, 0) is 14.3 Å². The highest BCUT2D eigenvalue weighted by Gasteiger charge is 2.41. The molecule has 1 aliphatic heterocycles. The lowest BCUT2D eigenvalue weighted by Gasteiger charge is -2.20. The van der Waals surface area contributed by atoms with Gasteiger partial charge >= 0.3 is 11.9 Å². The molecule has 0 saturated carbocycles. The zero-order chi connectivity index (χ0) is 25.9. The highest BCUT2D eigenvalue weighted by atomic mass is 32.1. The summed E-state index contributed by atoms with van der Waals surface area (Å²) in [6.45, 7) is 6.98. The molecular weight excluding hydrogens is 472 g/mol. The first-order valence-electron chi connectivity index (χ1n) is 10.8. The van der Waals surface area contributed by atoms with Crippen LogP contribution in [-0.4, -0.2) is 49.0 Å². The van der Waals surface area contributed by atoms with Gasteiger partial charge in [0.15, 0.2) is 11.5 Å². The summed E-state index contributed by atoms with van der Waals surface area (Å²) in [7, 11) is 1.51. The average Bonchev–Trinajstić information content (AvgIpc) is 3.25. The summed E-state index contributed by atoms with van der Waals surface area (Å²) in [5.41, 5.74) is 0.608. The average molecular weight is 499 g/mol. The largest absolute Gasteiger partial charge is 0.505 e. The first kappa shape index (κ1) is 25.7. The molecule has 35 heavy (non-hydrogen) atoms. The Kier molecular flexibility index (Phi) is 7.75. The van der Waals surface area contributed by atoms with Gasteiger partial charge < -0.3 is 19.3 Å². The summed E-state index contributed by atoms with van der Waals surface area (Å²) < 4.78 is 15.3. The van der Waals surface area contributed by atoms with Crippen molar-refractivity contribution in [2.24, 2.45) is 0 Å². The summed E-state index contributed by atoms with van der Waals surface area (Å²) in [5, 5.41) is 19.9. The number of thiophene rings is 1. The van der Waals surface area contributed by atoms with Gasteiger partial charge in [-0.1, -0.05) is 0 Å². The summed E-state index contributed by atoms with van der Waals surface area (Å²) in [5.74, 6) is -2.45. The van der Waals surface area contributed by atoms with Crippen LogP contribution in [0.5, 0.6) is 5.75 Å². The SMILES string of the molecule is CCOC(=O)C1=C(O)/C(=C\C(=O)c2ccc(OC)cc2)N(c2sc(C)c(C)c2C(=O)OCC)C1=N. The smallest absolute Gasteiger partial charge is 0.345 e. The van der Waals surface area contributed by atoms with E-state index in [2.05, 4.69) is 0 Å². The van der Waals surface area contributed by atoms with E-state index in [4.69, 9.17) is 19.6 Å².